The van der Waals surface area contributed by atoms with Gasteiger partial charge in [-0.05, 0) is 37.1 Å². The third kappa shape index (κ3) is 2.34. The predicted octanol–water partition coefficient (Wildman–Crippen LogP) is 0.260. The van der Waals surface area contributed by atoms with Gasteiger partial charge in [-0.2, -0.15) is 5.26 Å². The molecule has 4 unspecified atom stereocenters. The van der Waals surface area contributed by atoms with Gasteiger partial charge in [0.15, 0.2) is 0 Å². The van der Waals surface area contributed by atoms with E-state index in [1.807, 2.05) is 6.07 Å². The number of hydrogen-bond donors (Lipinski definition) is 2. The molecule has 21 heavy (non-hydrogen) atoms. The molecule has 112 valence electrons. The van der Waals surface area contributed by atoms with Crippen LogP contribution in [0.3, 0.4) is 0 Å². The Morgan fingerprint density at radius 3 is 2.90 bits per heavy atom. The van der Waals surface area contributed by atoms with Gasteiger partial charge in [0.05, 0.1) is 28.7 Å². The van der Waals surface area contributed by atoms with Crippen molar-refractivity contribution in [1.82, 2.24) is 4.72 Å². The summed E-state index contributed by atoms with van der Waals surface area (Å²) >= 11 is 0. The number of nitrogens with one attached hydrogen (secondary N) is 1. The van der Waals surface area contributed by atoms with Gasteiger partial charge in [-0.1, -0.05) is 0 Å². The van der Waals surface area contributed by atoms with Crippen LogP contribution in [0.1, 0.15) is 17.5 Å². The molecule has 1 aliphatic carbocycles. The number of ether oxygens (including phenoxy) is 1. The van der Waals surface area contributed by atoms with Gasteiger partial charge in [0, 0.05) is 18.6 Å². The number of rotatable bonds is 3. The Balaban J connectivity index is 1.81. The van der Waals surface area contributed by atoms with Gasteiger partial charge < -0.3 is 10.5 Å². The molecule has 1 saturated heterocycles. The number of benzene rings is 1. The Bertz CT molecular complexity index is 711. The summed E-state index contributed by atoms with van der Waals surface area (Å²) in [5, 5.41) is 8.89. The van der Waals surface area contributed by atoms with E-state index in [2.05, 4.69) is 4.72 Å². The monoisotopic (exact) mass is 307 g/mol. The SMILES string of the molecule is Cc1cc(S(=O)(=O)NC2C(N)C3CCOC32)ccc1C#N. The van der Waals surface area contributed by atoms with Gasteiger partial charge in [-0.3, -0.25) is 0 Å². The summed E-state index contributed by atoms with van der Waals surface area (Å²) in [6.45, 7) is 2.35. The first-order valence-corrected chi connectivity index (χ1v) is 8.32. The average molecular weight is 307 g/mol. The molecule has 4 atom stereocenters. The van der Waals surface area contributed by atoms with E-state index in [4.69, 9.17) is 15.7 Å². The maximum atomic E-state index is 12.4. The molecule has 1 aromatic carbocycles. The van der Waals surface area contributed by atoms with Crippen LogP contribution in [0.25, 0.3) is 0 Å². The largest absolute Gasteiger partial charge is 0.376 e. The summed E-state index contributed by atoms with van der Waals surface area (Å²) in [6, 6.07) is 5.89. The Morgan fingerprint density at radius 2 is 2.24 bits per heavy atom. The Hall–Kier alpha value is -1.46. The molecular formula is C14H17N3O3S. The van der Waals surface area contributed by atoms with Crippen LogP contribution in [0.5, 0.6) is 0 Å². The van der Waals surface area contributed by atoms with E-state index in [-0.39, 0.29) is 29.0 Å². The predicted molar refractivity (Wildman–Crippen MR) is 75.8 cm³/mol. The Morgan fingerprint density at radius 1 is 1.48 bits per heavy atom. The van der Waals surface area contributed by atoms with Crippen molar-refractivity contribution in [3.8, 4) is 6.07 Å². The number of hydrogen-bond acceptors (Lipinski definition) is 5. The van der Waals surface area contributed by atoms with E-state index in [0.717, 1.165) is 6.42 Å². The minimum absolute atomic E-state index is 0.116. The van der Waals surface area contributed by atoms with Gasteiger partial charge in [0.2, 0.25) is 10.0 Å². The van der Waals surface area contributed by atoms with Crippen molar-refractivity contribution < 1.29 is 13.2 Å². The molecule has 2 aliphatic rings. The van der Waals surface area contributed by atoms with Crippen molar-refractivity contribution in [3.05, 3.63) is 29.3 Å². The van der Waals surface area contributed by atoms with E-state index < -0.39 is 10.0 Å². The fraction of sp³-hybridized carbons (Fsp3) is 0.500. The Kier molecular flexibility index (Phi) is 3.50. The van der Waals surface area contributed by atoms with Crippen LogP contribution in [0.15, 0.2) is 23.1 Å². The molecule has 1 aliphatic heterocycles. The quantitative estimate of drug-likeness (QED) is 0.833. The van der Waals surface area contributed by atoms with Crippen molar-refractivity contribution >= 4 is 10.0 Å². The number of aryl methyl sites for hydroxylation is 1. The first-order chi connectivity index (χ1) is 9.94. The maximum absolute atomic E-state index is 12.4. The third-order valence-electron chi connectivity index (χ3n) is 4.37. The second-order valence-corrected chi connectivity index (χ2v) is 7.31. The number of nitriles is 1. The molecule has 6 nitrogen and oxygen atoms in total. The van der Waals surface area contributed by atoms with Crippen LogP contribution in [0.4, 0.5) is 0 Å². The van der Waals surface area contributed by atoms with Gasteiger partial charge in [-0.15, -0.1) is 0 Å². The summed E-state index contributed by atoms with van der Waals surface area (Å²) in [7, 11) is -3.66. The van der Waals surface area contributed by atoms with E-state index in [9.17, 15) is 8.42 Å². The molecule has 3 N–H and O–H groups in total. The molecule has 1 saturated carbocycles. The normalized spacial score (nSPS) is 31.3. The van der Waals surface area contributed by atoms with Gasteiger partial charge in [-0.25, -0.2) is 13.1 Å². The first kappa shape index (κ1) is 14.5. The number of nitrogens with zero attached hydrogens (tertiary/aromatic N) is 1. The van der Waals surface area contributed by atoms with Crippen LogP contribution in [-0.4, -0.2) is 33.2 Å². The fourth-order valence-electron chi connectivity index (χ4n) is 3.07. The minimum Gasteiger partial charge on any atom is -0.376 e. The molecule has 7 heteroatoms. The lowest BCUT2D eigenvalue weighted by atomic mass is 9.73. The maximum Gasteiger partial charge on any atom is 0.240 e. The zero-order valence-electron chi connectivity index (χ0n) is 11.6. The zero-order chi connectivity index (χ0) is 15.2. The molecular weight excluding hydrogens is 290 g/mol. The van der Waals surface area contributed by atoms with Crippen LogP contribution < -0.4 is 10.5 Å². The van der Waals surface area contributed by atoms with E-state index in [0.29, 0.717) is 17.7 Å². The van der Waals surface area contributed by atoms with Crippen molar-refractivity contribution in [3.63, 3.8) is 0 Å². The fourth-order valence-corrected chi connectivity index (χ4v) is 4.44. The highest BCUT2D eigenvalue weighted by Gasteiger charge is 2.53. The molecule has 1 aromatic rings. The van der Waals surface area contributed by atoms with Crippen molar-refractivity contribution in [2.75, 3.05) is 6.61 Å². The second kappa shape index (κ2) is 5.07. The molecule has 1 heterocycles. The lowest BCUT2D eigenvalue weighted by Gasteiger charge is -2.45. The summed E-state index contributed by atoms with van der Waals surface area (Å²) in [6.07, 6.45) is 0.772. The van der Waals surface area contributed by atoms with E-state index in [1.54, 1.807) is 6.92 Å². The van der Waals surface area contributed by atoms with E-state index >= 15 is 0 Å². The highest BCUT2D eigenvalue weighted by molar-refractivity contribution is 7.89. The third-order valence-corrected chi connectivity index (χ3v) is 5.82. The number of sulfonamides is 1. The molecule has 3 rings (SSSR count). The minimum atomic E-state index is -3.66. The van der Waals surface area contributed by atoms with Gasteiger partial charge >= 0.3 is 0 Å². The lowest BCUT2D eigenvalue weighted by Crippen LogP contribution is -2.68. The smallest absolute Gasteiger partial charge is 0.240 e. The van der Waals surface area contributed by atoms with Crippen molar-refractivity contribution in [2.45, 2.75) is 36.4 Å². The highest BCUT2D eigenvalue weighted by Crippen LogP contribution is 2.38. The van der Waals surface area contributed by atoms with Crippen LogP contribution in [-0.2, 0) is 14.8 Å². The van der Waals surface area contributed by atoms with Crippen LogP contribution in [0.2, 0.25) is 0 Å². The highest BCUT2D eigenvalue weighted by atomic mass is 32.2. The van der Waals surface area contributed by atoms with E-state index in [1.165, 1.54) is 18.2 Å². The second-order valence-electron chi connectivity index (χ2n) is 5.60. The molecule has 0 amide bonds. The molecule has 0 spiro atoms. The lowest BCUT2D eigenvalue weighted by molar-refractivity contribution is -0.00924. The molecule has 0 aromatic heterocycles. The molecule has 2 fully saturated rings. The standard InChI is InChI=1S/C14H17N3O3S/c1-8-6-10(3-2-9(8)7-15)21(18,19)17-13-12(16)11-4-5-20-14(11)13/h2-3,6,11-14,17H,4-5,16H2,1H3. The summed E-state index contributed by atoms with van der Waals surface area (Å²) < 4.78 is 33.0. The van der Waals surface area contributed by atoms with Gasteiger partial charge in [0.1, 0.15) is 0 Å². The zero-order valence-corrected chi connectivity index (χ0v) is 12.4. The van der Waals surface area contributed by atoms with Crippen LogP contribution in [0, 0.1) is 24.2 Å². The Labute approximate surface area is 123 Å². The first-order valence-electron chi connectivity index (χ1n) is 6.84. The topological polar surface area (TPSA) is 105 Å². The van der Waals surface area contributed by atoms with Crippen molar-refractivity contribution in [1.29, 1.82) is 5.26 Å². The number of nitrogens with two attached hydrogens (primary N) is 1. The van der Waals surface area contributed by atoms with Crippen LogP contribution >= 0.6 is 0 Å². The molecule has 0 bridgehead atoms. The average Bonchev–Trinajstić information content (AvgIpc) is 2.89. The molecule has 0 radical (unpaired) electrons. The summed E-state index contributed by atoms with van der Waals surface area (Å²) in [5.41, 5.74) is 7.12. The summed E-state index contributed by atoms with van der Waals surface area (Å²) in [4.78, 5) is 0.146. The summed E-state index contributed by atoms with van der Waals surface area (Å²) in [5.74, 6) is 0.250. The number of fused-ring (bicyclic) bond motifs is 1. The van der Waals surface area contributed by atoms with Crippen molar-refractivity contribution in [2.24, 2.45) is 11.7 Å². The van der Waals surface area contributed by atoms with Gasteiger partial charge in [0.25, 0.3) is 0 Å².